The lowest BCUT2D eigenvalue weighted by atomic mass is 10.1. The Morgan fingerprint density at radius 3 is 1.94 bits per heavy atom. The zero-order valence-electron chi connectivity index (χ0n) is 17.4. The van der Waals surface area contributed by atoms with Gasteiger partial charge in [0.05, 0.1) is 0 Å². The van der Waals surface area contributed by atoms with E-state index in [1.54, 1.807) is 22.8 Å². The highest BCUT2D eigenvalue weighted by atomic mass is 16.4. The first-order valence-corrected chi connectivity index (χ1v) is 10.5. The molecule has 0 saturated carbocycles. The van der Waals surface area contributed by atoms with Crippen molar-refractivity contribution in [3.8, 4) is 0 Å². The summed E-state index contributed by atoms with van der Waals surface area (Å²) in [5, 5.41) is 11.1. The van der Waals surface area contributed by atoms with Crippen LogP contribution in [0.2, 0.25) is 0 Å². The zero-order chi connectivity index (χ0) is 22.1. The molecule has 4 aromatic rings. The van der Waals surface area contributed by atoms with Gasteiger partial charge in [0.25, 0.3) is 5.91 Å². The van der Waals surface area contributed by atoms with Crippen molar-refractivity contribution < 1.29 is 19.5 Å². The molecule has 8 nitrogen and oxygen atoms in total. The Morgan fingerprint density at radius 1 is 0.812 bits per heavy atom. The number of aromatic amines is 2. The van der Waals surface area contributed by atoms with Gasteiger partial charge in [-0.25, -0.2) is 4.79 Å². The van der Waals surface area contributed by atoms with Gasteiger partial charge in [0.1, 0.15) is 11.4 Å². The van der Waals surface area contributed by atoms with Gasteiger partial charge in [0.2, 0.25) is 5.91 Å². The van der Waals surface area contributed by atoms with Gasteiger partial charge < -0.3 is 24.9 Å². The van der Waals surface area contributed by atoms with Gasteiger partial charge in [0, 0.05) is 53.2 Å². The summed E-state index contributed by atoms with van der Waals surface area (Å²) in [4.78, 5) is 46.4. The summed E-state index contributed by atoms with van der Waals surface area (Å²) in [6.45, 7) is 2.76. The molecule has 2 amide bonds. The SMILES string of the molecule is CC(=O)N1CCc2c1ccc1[nH]c(C(=O)N3CCc4c3ccc3[nH]c(C(=O)O)cc43)cc21. The van der Waals surface area contributed by atoms with E-state index < -0.39 is 5.97 Å². The minimum Gasteiger partial charge on any atom is -0.477 e. The topological polar surface area (TPSA) is 110 Å². The zero-order valence-corrected chi connectivity index (χ0v) is 17.4. The summed E-state index contributed by atoms with van der Waals surface area (Å²) in [6.07, 6.45) is 1.43. The van der Waals surface area contributed by atoms with E-state index in [9.17, 15) is 19.5 Å². The number of carboxylic acids is 1. The Bertz CT molecular complexity index is 1480. The van der Waals surface area contributed by atoms with Crippen LogP contribution in [0.3, 0.4) is 0 Å². The number of rotatable bonds is 2. The van der Waals surface area contributed by atoms with Crippen molar-refractivity contribution in [1.29, 1.82) is 0 Å². The number of carboxylic acid groups (broad SMARTS) is 1. The van der Waals surface area contributed by atoms with Crippen molar-refractivity contribution in [1.82, 2.24) is 9.97 Å². The van der Waals surface area contributed by atoms with E-state index in [1.165, 1.54) is 0 Å². The molecule has 0 spiro atoms. The standard InChI is InChI=1S/C24H20N4O4/c1-12(29)27-8-6-13-15-10-19(25-17(15)2-4-21(13)27)23(30)28-9-7-14-16-11-20(24(31)32)26-18(16)3-5-22(14)28/h2-5,10-11,25-26H,6-9H2,1H3,(H,31,32). The van der Waals surface area contributed by atoms with Crippen LogP contribution in [0, 0.1) is 0 Å². The lowest BCUT2D eigenvalue weighted by Gasteiger charge is -2.16. The molecule has 0 aliphatic carbocycles. The first-order valence-electron chi connectivity index (χ1n) is 10.5. The second kappa shape index (κ2) is 6.46. The maximum atomic E-state index is 13.4. The van der Waals surface area contributed by atoms with Crippen LogP contribution >= 0.6 is 0 Å². The van der Waals surface area contributed by atoms with Crippen molar-refractivity contribution in [3.05, 3.63) is 58.9 Å². The summed E-state index contributed by atoms with van der Waals surface area (Å²) in [5.41, 5.74) is 6.07. The smallest absolute Gasteiger partial charge is 0.352 e. The van der Waals surface area contributed by atoms with Crippen molar-refractivity contribution in [2.45, 2.75) is 19.8 Å². The molecule has 2 aliphatic rings. The molecule has 8 heteroatoms. The molecule has 0 bridgehead atoms. The third-order valence-corrected chi connectivity index (χ3v) is 6.62. The Hall–Kier alpha value is -4.07. The molecule has 2 aliphatic heterocycles. The minimum atomic E-state index is -1.00. The Morgan fingerprint density at radius 2 is 1.34 bits per heavy atom. The molecule has 0 saturated heterocycles. The fraction of sp³-hybridized carbons (Fsp3) is 0.208. The number of nitrogens with one attached hydrogen (secondary N) is 2. The predicted molar refractivity (Wildman–Crippen MR) is 121 cm³/mol. The molecule has 2 aromatic heterocycles. The summed E-state index contributed by atoms with van der Waals surface area (Å²) in [6, 6.07) is 11.1. The molecule has 4 heterocycles. The van der Waals surface area contributed by atoms with Crippen LogP contribution in [-0.4, -0.2) is 45.9 Å². The maximum Gasteiger partial charge on any atom is 0.352 e. The second-order valence-corrected chi connectivity index (χ2v) is 8.35. The number of amides is 2. The van der Waals surface area contributed by atoms with E-state index in [4.69, 9.17) is 0 Å². The lowest BCUT2D eigenvalue weighted by Crippen LogP contribution is -2.29. The van der Waals surface area contributed by atoms with Crippen LogP contribution in [0.25, 0.3) is 21.8 Å². The van der Waals surface area contributed by atoms with Crippen LogP contribution in [0.5, 0.6) is 0 Å². The second-order valence-electron chi connectivity index (χ2n) is 8.35. The quantitative estimate of drug-likeness (QED) is 0.454. The van der Waals surface area contributed by atoms with E-state index in [1.807, 2.05) is 30.3 Å². The summed E-state index contributed by atoms with van der Waals surface area (Å²) in [5.74, 6) is -1.11. The first-order chi connectivity index (χ1) is 15.4. The highest BCUT2D eigenvalue weighted by Gasteiger charge is 2.30. The van der Waals surface area contributed by atoms with E-state index in [2.05, 4.69) is 9.97 Å². The van der Waals surface area contributed by atoms with Gasteiger partial charge in [-0.3, -0.25) is 9.59 Å². The molecule has 0 atom stereocenters. The summed E-state index contributed by atoms with van der Waals surface area (Å²) < 4.78 is 0. The molecule has 3 N–H and O–H groups in total. The van der Waals surface area contributed by atoms with Crippen LogP contribution in [0.4, 0.5) is 11.4 Å². The number of carbonyl (C=O) groups is 3. The molecule has 0 fully saturated rings. The first kappa shape index (κ1) is 18.7. The molecule has 0 radical (unpaired) electrons. The van der Waals surface area contributed by atoms with E-state index in [-0.39, 0.29) is 17.5 Å². The van der Waals surface area contributed by atoms with Crippen molar-refractivity contribution in [2.75, 3.05) is 22.9 Å². The molecular formula is C24H20N4O4. The highest BCUT2D eigenvalue weighted by molar-refractivity contribution is 6.11. The monoisotopic (exact) mass is 428 g/mol. The Balaban J connectivity index is 1.39. The number of nitrogens with zero attached hydrogens (tertiary/aromatic N) is 2. The number of fused-ring (bicyclic) bond motifs is 6. The molecule has 6 rings (SSSR count). The van der Waals surface area contributed by atoms with Crippen molar-refractivity contribution in [3.63, 3.8) is 0 Å². The van der Waals surface area contributed by atoms with E-state index in [0.717, 1.165) is 50.7 Å². The van der Waals surface area contributed by atoms with Gasteiger partial charge in [0.15, 0.2) is 0 Å². The van der Waals surface area contributed by atoms with E-state index in [0.29, 0.717) is 25.2 Å². The lowest BCUT2D eigenvalue weighted by molar-refractivity contribution is -0.116. The molecular weight excluding hydrogens is 408 g/mol. The van der Waals surface area contributed by atoms with Gasteiger partial charge in [-0.2, -0.15) is 0 Å². The van der Waals surface area contributed by atoms with Crippen LogP contribution in [-0.2, 0) is 17.6 Å². The number of aromatic carboxylic acids is 1. The number of benzene rings is 2. The van der Waals surface area contributed by atoms with Gasteiger partial charge in [-0.15, -0.1) is 0 Å². The van der Waals surface area contributed by atoms with Gasteiger partial charge in [-0.1, -0.05) is 0 Å². The van der Waals surface area contributed by atoms with Gasteiger partial charge >= 0.3 is 5.97 Å². The number of H-pyrrole nitrogens is 2. The molecule has 160 valence electrons. The van der Waals surface area contributed by atoms with Crippen LogP contribution < -0.4 is 9.80 Å². The normalized spacial score (nSPS) is 14.9. The number of hydrogen-bond donors (Lipinski definition) is 3. The number of carbonyl (C=O) groups excluding carboxylic acids is 2. The largest absolute Gasteiger partial charge is 0.477 e. The number of aromatic nitrogens is 2. The predicted octanol–water partition coefficient (Wildman–Crippen LogP) is 3.46. The third-order valence-electron chi connectivity index (χ3n) is 6.62. The average molecular weight is 428 g/mol. The van der Waals surface area contributed by atoms with Crippen molar-refractivity contribution in [2.24, 2.45) is 0 Å². The Labute approximate surface area is 182 Å². The van der Waals surface area contributed by atoms with Crippen molar-refractivity contribution >= 4 is 51.0 Å². The van der Waals surface area contributed by atoms with Crippen LogP contribution in [0.15, 0.2) is 36.4 Å². The number of anilines is 2. The summed E-state index contributed by atoms with van der Waals surface area (Å²) in [7, 11) is 0. The maximum absolute atomic E-state index is 13.4. The fourth-order valence-electron chi connectivity index (χ4n) is 5.14. The number of hydrogen-bond acceptors (Lipinski definition) is 3. The van der Waals surface area contributed by atoms with Gasteiger partial charge in [-0.05, 0) is 60.4 Å². The molecule has 0 unspecified atom stereocenters. The fourth-order valence-corrected chi connectivity index (χ4v) is 5.14. The Kier molecular flexibility index (Phi) is 3.77. The van der Waals surface area contributed by atoms with Crippen LogP contribution in [0.1, 0.15) is 39.0 Å². The molecule has 32 heavy (non-hydrogen) atoms. The third kappa shape index (κ3) is 2.52. The minimum absolute atomic E-state index is 0.0192. The highest BCUT2D eigenvalue weighted by Crippen LogP contribution is 2.37. The van der Waals surface area contributed by atoms with E-state index >= 15 is 0 Å². The molecule has 2 aromatic carbocycles. The average Bonchev–Trinajstić information content (AvgIpc) is 3.54. The summed E-state index contributed by atoms with van der Waals surface area (Å²) >= 11 is 0.